The molecule has 1 aliphatic rings. The van der Waals surface area contributed by atoms with Crippen molar-refractivity contribution in [3.8, 4) is 0 Å². The molecule has 0 aromatic carbocycles. The molecular weight excluding hydrogens is 174 g/mol. The van der Waals surface area contributed by atoms with E-state index in [1.54, 1.807) is 6.20 Å². The number of rotatable bonds is 3. The molecule has 0 saturated carbocycles. The van der Waals surface area contributed by atoms with Crippen molar-refractivity contribution in [2.45, 2.75) is 19.4 Å². The van der Waals surface area contributed by atoms with E-state index in [1.165, 1.54) is 13.0 Å². The maximum Gasteiger partial charge on any atom is 0.0529 e. The van der Waals surface area contributed by atoms with Gasteiger partial charge in [0.2, 0.25) is 0 Å². The van der Waals surface area contributed by atoms with Crippen molar-refractivity contribution in [3.05, 3.63) is 24.5 Å². The Kier molecular flexibility index (Phi) is 2.99. The highest BCUT2D eigenvalue weighted by Crippen LogP contribution is 2.14. The van der Waals surface area contributed by atoms with Crippen molar-refractivity contribution in [2.75, 3.05) is 25.0 Å². The van der Waals surface area contributed by atoms with E-state index in [1.807, 2.05) is 12.3 Å². The topological polar surface area (TPSA) is 28.2 Å². The lowest BCUT2D eigenvalue weighted by molar-refractivity contribution is 0.356. The first-order valence-corrected chi connectivity index (χ1v) is 5.27. The van der Waals surface area contributed by atoms with Gasteiger partial charge in [0, 0.05) is 31.5 Å². The van der Waals surface area contributed by atoms with Gasteiger partial charge in [0.05, 0.1) is 5.69 Å². The first-order chi connectivity index (χ1) is 6.88. The minimum absolute atomic E-state index is 0.596. The van der Waals surface area contributed by atoms with Gasteiger partial charge in [0.15, 0.2) is 0 Å². The lowest BCUT2D eigenvalue weighted by Crippen LogP contribution is -2.25. The third-order valence-corrected chi connectivity index (χ3v) is 2.75. The minimum Gasteiger partial charge on any atom is -0.380 e. The highest BCUT2D eigenvalue weighted by atomic mass is 15.2. The van der Waals surface area contributed by atoms with Gasteiger partial charge in [-0.25, -0.2) is 0 Å². The van der Waals surface area contributed by atoms with E-state index in [0.29, 0.717) is 6.04 Å². The van der Waals surface area contributed by atoms with Gasteiger partial charge in [-0.3, -0.25) is 4.98 Å². The van der Waals surface area contributed by atoms with Crippen LogP contribution in [0, 0.1) is 0 Å². The number of likely N-dealkylation sites (N-methyl/N-ethyl adjacent to an activating group) is 1. The van der Waals surface area contributed by atoms with Crippen LogP contribution in [0.3, 0.4) is 0 Å². The third kappa shape index (κ3) is 2.23. The first-order valence-electron chi connectivity index (χ1n) is 5.27. The van der Waals surface area contributed by atoms with Crippen molar-refractivity contribution in [3.63, 3.8) is 0 Å². The van der Waals surface area contributed by atoms with Crippen LogP contribution < -0.4 is 5.32 Å². The predicted molar refractivity (Wildman–Crippen MR) is 58.4 cm³/mol. The summed E-state index contributed by atoms with van der Waals surface area (Å²) in [6.07, 6.45) is 4.93. The second kappa shape index (κ2) is 4.42. The Balaban J connectivity index is 1.88. The number of hydrogen-bond acceptors (Lipinski definition) is 3. The Bertz CT molecular complexity index is 273. The van der Waals surface area contributed by atoms with Crippen molar-refractivity contribution < 1.29 is 0 Å². The lowest BCUT2D eigenvalue weighted by Gasteiger charge is -2.15. The molecule has 0 aliphatic carbocycles. The molecule has 0 radical (unpaired) electrons. The molecule has 2 rings (SSSR count). The van der Waals surface area contributed by atoms with Crippen molar-refractivity contribution in [1.29, 1.82) is 0 Å². The van der Waals surface area contributed by atoms with Gasteiger partial charge in [-0.2, -0.15) is 0 Å². The summed E-state index contributed by atoms with van der Waals surface area (Å²) in [5.41, 5.74) is 1.13. The van der Waals surface area contributed by atoms with Crippen LogP contribution in [0.15, 0.2) is 24.5 Å². The predicted octanol–water partition coefficient (Wildman–Crippen LogP) is 1.59. The molecule has 1 aliphatic heterocycles. The largest absolute Gasteiger partial charge is 0.380 e. The van der Waals surface area contributed by atoms with Crippen molar-refractivity contribution >= 4 is 5.69 Å². The standard InChI is InChI=1S/C11H17N3/c1-2-14-7-5-11(9-14)13-10-4-3-6-12-8-10/h3-4,6,8,11,13H,2,5,7,9H2,1H3. The average Bonchev–Trinajstić information content (AvgIpc) is 2.67. The summed E-state index contributed by atoms with van der Waals surface area (Å²) in [5, 5.41) is 3.50. The summed E-state index contributed by atoms with van der Waals surface area (Å²) in [5.74, 6) is 0. The Morgan fingerprint density at radius 2 is 2.57 bits per heavy atom. The molecule has 1 N–H and O–H groups in total. The molecule has 0 amide bonds. The summed E-state index contributed by atoms with van der Waals surface area (Å²) in [7, 11) is 0. The number of nitrogens with zero attached hydrogens (tertiary/aromatic N) is 2. The molecule has 76 valence electrons. The molecule has 3 nitrogen and oxygen atoms in total. The summed E-state index contributed by atoms with van der Waals surface area (Å²) in [6.45, 7) is 5.75. The number of aromatic nitrogens is 1. The fourth-order valence-electron chi connectivity index (χ4n) is 1.92. The zero-order valence-electron chi connectivity index (χ0n) is 8.61. The molecule has 1 unspecified atom stereocenters. The van der Waals surface area contributed by atoms with E-state index in [2.05, 4.69) is 28.2 Å². The molecule has 14 heavy (non-hydrogen) atoms. The van der Waals surface area contributed by atoms with E-state index in [-0.39, 0.29) is 0 Å². The van der Waals surface area contributed by atoms with E-state index in [9.17, 15) is 0 Å². The lowest BCUT2D eigenvalue weighted by atomic mass is 10.2. The Labute approximate surface area is 85.1 Å². The van der Waals surface area contributed by atoms with Gasteiger partial charge in [-0.1, -0.05) is 6.92 Å². The molecule has 3 heteroatoms. The van der Waals surface area contributed by atoms with Crippen LogP contribution in [0.5, 0.6) is 0 Å². The molecular formula is C11H17N3. The van der Waals surface area contributed by atoms with Crippen LogP contribution in [-0.4, -0.2) is 35.6 Å². The molecule has 2 heterocycles. The van der Waals surface area contributed by atoms with Crippen molar-refractivity contribution in [2.24, 2.45) is 0 Å². The highest BCUT2D eigenvalue weighted by Gasteiger charge is 2.20. The van der Waals surface area contributed by atoms with Crippen LogP contribution in [-0.2, 0) is 0 Å². The minimum atomic E-state index is 0.596. The first kappa shape index (κ1) is 9.46. The van der Waals surface area contributed by atoms with Crippen LogP contribution in [0.2, 0.25) is 0 Å². The fraction of sp³-hybridized carbons (Fsp3) is 0.545. The van der Waals surface area contributed by atoms with E-state index >= 15 is 0 Å². The Morgan fingerprint density at radius 3 is 3.21 bits per heavy atom. The van der Waals surface area contributed by atoms with Crippen LogP contribution in [0.1, 0.15) is 13.3 Å². The van der Waals surface area contributed by atoms with Gasteiger partial charge in [0.25, 0.3) is 0 Å². The normalized spacial score (nSPS) is 22.5. The number of likely N-dealkylation sites (tertiary alicyclic amines) is 1. The number of pyridine rings is 1. The zero-order valence-corrected chi connectivity index (χ0v) is 8.61. The van der Waals surface area contributed by atoms with E-state index in [4.69, 9.17) is 0 Å². The van der Waals surface area contributed by atoms with Crippen LogP contribution in [0.4, 0.5) is 5.69 Å². The van der Waals surface area contributed by atoms with Gasteiger partial charge < -0.3 is 10.2 Å². The second-order valence-corrected chi connectivity index (χ2v) is 3.76. The zero-order chi connectivity index (χ0) is 9.80. The maximum atomic E-state index is 4.09. The number of hydrogen-bond donors (Lipinski definition) is 1. The van der Waals surface area contributed by atoms with Crippen molar-refractivity contribution in [1.82, 2.24) is 9.88 Å². The smallest absolute Gasteiger partial charge is 0.0529 e. The van der Waals surface area contributed by atoms with Crippen LogP contribution >= 0.6 is 0 Å². The molecule has 1 atom stereocenters. The van der Waals surface area contributed by atoms with Gasteiger partial charge in [-0.05, 0) is 25.1 Å². The maximum absolute atomic E-state index is 4.09. The Hall–Kier alpha value is -1.09. The van der Waals surface area contributed by atoms with Gasteiger partial charge in [-0.15, -0.1) is 0 Å². The summed E-state index contributed by atoms with van der Waals surface area (Å²) < 4.78 is 0. The highest BCUT2D eigenvalue weighted by molar-refractivity contribution is 5.41. The number of anilines is 1. The Morgan fingerprint density at radius 1 is 1.64 bits per heavy atom. The molecule has 0 bridgehead atoms. The summed E-state index contributed by atoms with van der Waals surface area (Å²) >= 11 is 0. The van der Waals surface area contributed by atoms with E-state index < -0.39 is 0 Å². The quantitative estimate of drug-likeness (QED) is 0.786. The number of nitrogens with one attached hydrogen (secondary N) is 1. The average molecular weight is 191 g/mol. The molecule has 1 aromatic rings. The SMILES string of the molecule is CCN1CCC(Nc2cccnc2)C1. The molecule has 0 spiro atoms. The van der Waals surface area contributed by atoms with E-state index in [0.717, 1.165) is 18.8 Å². The molecule has 1 fully saturated rings. The third-order valence-electron chi connectivity index (χ3n) is 2.75. The van der Waals surface area contributed by atoms with Crippen LogP contribution in [0.25, 0.3) is 0 Å². The molecule has 1 saturated heterocycles. The van der Waals surface area contributed by atoms with Gasteiger partial charge in [0.1, 0.15) is 0 Å². The monoisotopic (exact) mass is 191 g/mol. The molecule has 1 aromatic heterocycles. The van der Waals surface area contributed by atoms with Gasteiger partial charge >= 0.3 is 0 Å². The summed E-state index contributed by atoms with van der Waals surface area (Å²) in [6, 6.07) is 4.63. The second-order valence-electron chi connectivity index (χ2n) is 3.76. The summed E-state index contributed by atoms with van der Waals surface area (Å²) in [4.78, 5) is 6.56. The fourth-order valence-corrected chi connectivity index (χ4v) is 1.92.